The fraction of sp³-hybridized carbons (Fsp3) is 0.400. The van der Waals surface area contributed by atoms with Crippen molar-refractivity contribution < 1.29 is 4.79 Å². The van der Waals surface area contributed by atoms with Gasteiger partial charge in [0.25, 0.3) is 0 Å². The number of nitrogens with zero attached hydrogens (tertiary/aromatic N) is 2. The second-order valence-electron chi connectivity index (χ2n) is 5.48. The second kappa shape index (κ2) is 5.17. The SMILES string of the molecule is Cc1cc2c(NC(=O)[C@@H]3CC[C@@H](N)C3)cccc2nn1. The number of hydrogen-bond acceptors (Lipinski definition) is 4. The van der Waals surface area contributed by atoms with E-state index in [2.05, 4.69) is 15.5 Å². The van der Waals surface area contributed by atoms with Crippen molar-refractivity contribution in [3.8, 4) is 0 Å². The van der Waals surface area contributed by atoms with E-state index in [1.54, 1.807) is 0 Å². The van der Waals surface area contributed by atoms with E-state index in [0.29, 0.717) is 0 Å². The molecule has 1 aliphatic carbocycles. The van der Waals surface area contributed by atoms with Crippen LogP contribution in [0.25, 0.3) is 10.9 Å². The summed E-state index contributed by atoms with van der Waals surface area (Å²) in [6.45, 7) is 1.89. The summed E-state index contributed by atoms with van der Waals surface area (Å²) >= 11 is 0. The molecule has 5 heteroatoms. The predicted molar refractivity (Wildman–Crippen MR) is 78.2 cm³/mol. The summed E-state index contributed by atoms with van der Waals surface area (Å²) in [4.78, 5) is 12.3. The molecule has 3 N–H and O–H groups in total. The first-order valence-corrected chi connectivity index (χ1v) is 6.93. The van der Waals surface area contributed by atoms with Crippen molar-refractivity contribution >= 4 is 22.5 Å². The van der Waals surface area contributed by atoms with Crippen LogP contribution in [0, 0.1) is 12.8 Å². The maximum absolute atomic E-state index is 12.3. The van der Waals surface area contributed by atoms with Crippen molar-refractivity contribution in [2.24, 2.45) is 11.7 Å². The molecule has 0 bridgehead atoms. The Bertz CT molecular complexity index is 655. The Morgan fingerprint density at radius 3 is 2.95 bits per heavy atom. The normalized spacial score (nSPS) is 22.1. The largest absolute Gasteiger partial charge is 0.328 e. The number of aromatic nitrogens is 2. The molecule has 1 aromatic carbocycles. The zero-order valence-corrected chi connectivity index (χ0v) is 11.5. The molecule has 0 spiro atoms. The number of carbonyl (C=O) groups excluding carboxylic acids is 1. The van der Waals surface area contributed by atoms with Crippen LogP contribution in [0.3, 0.4) is 0 Å². The highest BCUT2D eigenvalue weighted by Gasteiger charge is 2.27. The number of rotatable bonds is 2. The highest BCUT2D eigenvalue weighted by molar-refractivity contribution is 6.01. The summed E-state index contributed by atoms with van der Waals surface area (Å²) in [5, 5.41) is 12.1. The van der Waals surface area contributed by atoms with Gasteiger partial charge in [0.15, 0.2) is 0 Å². The Morgan fingerprint density at radius 2 is 2.20 bits per heavy atom. The molecule has 1 aromatic heterocycles. The molecule has 1 saturated carbocycles. The second-order valence-corrected chi connectivity index (χ2v) is 5.48. The monoisotopic (exact) mass is 270 g/mol. The maximum atomic E-state index is 12.3. The maximum Gasteiger partial charge on any atom is 0.227 e. The summed E-state index contributed by atoms with van der Waals surface area (Å²) < 4.78 is 0. The first kappa shape index (κ1) is 13.0. The highest BCUT2D eigenvalue weighted by atomic mass is 16.1. The van der Waals surface area contributed by atoms with E-state index >= 15 is 0 Å². The molecule has 104 valence electrons. The third-order valence-corrected chi connectivity index (χ3v) is 3.85. The zero-order valence-electron chi connectivity index (χ0n) is 11.5. The van der Waals surface area contributed by atoms with Crippen LogP contribution >= 0.6 is 0 Å². The quantitative estimate of drug-likeness (QED) is 0.874. The van der Waals surface area contributed by atoms with E-state index in [4.69, 9.17) is 5.73 Å². The number of nitrogens with two attached hydrogens (primary N) is 1. The van der Waals surface area contributed by atoms with Crippen molar-refractivity contribution in [3.63, 3.8) is 0 Å². The van der Waals surface area contributed by atoms with Gasteiger partial charge in [0.2, 0.25) is 5.91 Å². The van der Waals surface area contributed by atoms with Gasteiger partial charge in [-0.05, 0) is 44.4 Å². The third kappa shape index (κ3) is 2.49. The molecule has 5 nitrogen and oxygen atoms in total. The first-order valence-electron chi connectivity index (χ1n) is 6.93. The van der Waals surface area contributed by atoms with E-state index in [1.807, 2.05) is 31.2 Å². The van der Waals surface area contributed by atoms with E-state index in [9.17, 15) is 4.79 Å². The van der Waals surface area contributed by atoms with Gasteiger partial charge < -0.3 is 11.1 Å². The Morgan fingerprint density at radius 1 is 1.35 bits per heavy atom. The van der Waals surface area contributed by atoms with Crippen LogP contribution in [0.15, 0.2) is 24.3 Å². The number of aryl methyl sites for hydroxylation is 1. The predicted octanol–water partition coefficient (Wildman–Crippen LogP) is 2.00. The minimum Gasteiger partial charge on any atom is -0.328 e. The number of nitrogens with one attached hydrogen (secondary N) is 1. The molecular weight excluding hydrogens is 252 g/mol. The van der Waals surface area contributed by atoms with E-state index < -0.39 is 0 Å². The van der Waals surface area contributed by atoms with Crippen molar-refractivity contribution in [2.75, 3.05) is 5.32 Å². The van der Waals surface area contributed by atoms with Crippen LogP contribution in [-0.2, 0) is 4.79 Å². The number of amides is 1. The molecule has 2 aromatic rings. The Balaban J connectivity index is 1.87. The van der Waals surface area contributed by atoms with Crippen LogP contribution in [0.1, 0.15) is 25.0 Å². The number of hydrogen-bond donors (Lipinski definition) is 2. The summed E-state index contributed by atoms with van der Waals surface area (Å²) in [6.07, 6.45) is 2.57. The standard InChI is InChI=1S/C15H18N4O/c1-9-7-12-13(3-2-4-14(12)19-18-9)17-15(20)10-5-6-11(16)8-10/h2-4,7,10-11H,5-6,8,16H2,1H3,(H,17,20)/t10-,11-/m1/s1. The number of fused-ring (bicyclic) bond motifs is 1. The molecule has 1 fully saturated rings. The zero-order chi connectivity index (χ0) is 14.1. The lowest BCUT2D eigenvalue weighted by Gasteiger charge is -2.12. The van der Waals surface area contributed by atoms with Gasteiger partial charge in [-0.1, -0.05) is 6.07 Å². The third-order valence-electron chi connectivity index (χ3n) is 3.85. The number of anilines is 1. The summed E-state index contributed by atoms with van der Waals surface area (Å²) in [6, 6.07) is 7.77. The lowest BCUT2D eigenvalue weighted by atomic mass is 10.1. The smallest absolute Gasteiger partial charge is 0.227 e. The first-order chi connectivity index (χ1) is 9.63. The van der Waals surface area contributed by atoms with Crippen LogP contribution < -0.4 is 11.1 Å². The molecule has 0 radical (unpaired) electrons. The number of carbonyl (C=O) groups is 1. The summed E-state index contributed by atoms with van der Waals surface area (Å²) in [7, 11) is 0. The molecule has 1 amide bonds. The molecular formula is C15H18N4O. The molecule has 1 aliphatic rings. The molecule has 20 heavy (non-hydrogen) atoms. The molecule has 2 atom stereocenters. The van der Waals surface area contributed by atoms with E-state index in [1.165, 1.54) is 0 Å². The van der Waals surface area contributed by atoms with Gasteiger partial charge in [0, 0.05) is 17.3 Å². The lowest BCUT2D eigenvalue weighted by molar-refractivity contribution is -0.119. The van der Waals surface area contributed by atoms with Crippen molar-refractivity contribution in [2.45, 2.75) is 32.2 Å². The van der Waals surface area contributed by atoms with Crippen molar-refractivity contribution in [1.82, 2.24) is 10.2 Å². The Labute approximate surface area is 117 Å². The topological polar surface area (TPSA) is 80.9 Å². The Kier molecular flexibility index (Phi) is 3.36. The molecule has 0 saturated heterocycles. The van der Waals surface area contributed by atoms with Crippen LogP contribution in [0.2, 0.25) is 0 Å². The fourth-order valence-electron chi connectivity index (χ4n) is 2.76. The Hall–Kier alpha value is -2.01. The number of benzene rings is 1. The molecule has 0 unspecified atom stereocenters. The van der Waals surface area contributed by atoms with Crippen molar-refractivity contribution in [1.29, 1.82) is 0 Å². The van der Waals surface area contributed by atoms with Gasteiger partial charge in [-0.25, -0.2) is 0 Å². The highest BCUT2D eigenvalue weighted by Crippen LogP contribution is 2.27. The minimum atomic E-state index is 0.0242. The van der Waals surface area contributed by atoms with E-state index in [-0.39, 0.29) is 17.9 Å². The summed E-state index contributed by atoms with van der Waals surface area (Å²) in [5.41, 5.74) is 8.29. The summed E-state index contributed by atoms with van der Waals surface area (Å²) in [5.74, 6) is 0.0797. The van der Waals surface area contributed by atoms with Gasteiger partial charge >= 0.3 is 0 Å². The van der Waals surface area contributed by atoms with Crippen molar-refractivity contribution in [3.05, 3.63) is 30.0 Å². The van der Waals surface area contributed by atoms with Gasteiger partial charge in [0.05, 0.1) is 16.9 Å². The lowest BCUT2D eigenvalue weighted by Crippen LogP contribution is -2.23. The van der Waals surface area contributed by atoms with Crippen LogP contribution in [0.4, 0.5) is 5.69 Å². The average Bonchev–Trinajstić information content (AvgIpc) is 2.86. The van der Waals surface area contributed by atoms with Crippen LogP contribution in [0.5, 0.6) is 0 Å². The molecule has 1 heterocycles. The van der Waals surface area contributed by atoms with E-state index in [0.717, 1.165) is 41.5 Å². The van der Waals surface area contributed by atoms with Gasteiger partial charge in [-0.3, -0.25) is 4.79 Å². The van der Waals surface area contributed by atoms with Crippen LogP contribution in [-0.4, -0.2) is 22.1 Å². The minimum absolute atomic E-state index is 0.0242. The van der Waals surface area contributed by atoms with Gasteiger partial charge in [0.1, 0.15) is 0 Å². The van der Waals surface area contributed by atoms with Gasteiger partial charge in [-0.15, -0.1) is 0 Å². The van der Waals surface area contributed by atoms with Gasteiger partial charge in [-0.2, -0.15) is 10.2 Å². The molecule has 0 aliphatic heterocycles. The average molecular weight is 270 g/mol. The fourth-order valence-corrected chi connectivity index (χ4v) is 2.76. The molecule has 3 rings (SSSR count).